The number of ether oxygens (including phenoxy) is 6. The van der Waals surface area contributed by atoms with Crippen LogP contribution < -0.4 is 41.7 Å². The molecule has 2 fully saturated rings. The summed E-state index contributed by atoms with van der Waals surface area (Å²) in [6.07, 6.45) is 12.8. The third-order valence-corrected chi connectivity index (χ3v) is 32.0. The van der Waals surface area contributed by atoms with E-state index in [-0.39, 0.29) is 43.3 Å². The number of carbonyl (C=O) groups excluding carboxylic acids is 4. The van der Waals surface area contributed by atoms with Gasteiger partial charge < -0.3 is 59.5 Å². The van der Waals surface area contributed by atoms with Crippen molar-refractivity contribution in [3.63, 3.8) is 0 Å². The minimum absolute atomic E-state index is 0.00778. The summed E-state index contributed by atoms with van der Waals surface area (Å²) in [5.74, 6) is 0. The second kappa shape index (κ2) is 44.5. The highest BCUT2D eigenvalue weighted by Crippen LogP contribution is 2.60. The number of hydrogen-bond acceptors (Lipinski definition) is 16. The van der Waals surface area contributed by atoms with E-state index in [1.54, 1.807) is 0 Å². The molecule has 0 radical (unpaired) electrons. The van der Waals surface area contributed by atoms with Gasteiger partial charge in [0, 0.05) is 191 Å². The first kappa shape index (κ1) is 102. The topological polar surface area (TPSA) is 213 Å². The zero-order valence-corrected chi connectivity index (χ0v) is 85.0. The van der Waals surface area contributed by atoms with Gasteiger partial charge >= 0.3 is 23.0 Å². The number of nitrogens with one attached hydrogen (secondary N) is 2. The molecule has 6 N–H and O–H groups in total. The first-order chi connectivity index (χ1) is 67.5. The molecule has 22 rings (SSSR count). The number of amides is 2. The number of rotatable bonds is 10. The summed E-state index contributed by atoms with van der Waals surface area (Å²) in [5.41, 5.74) is 41.2. The predicted octanol–water partition coefficient (Wildman–Crippen LogP) is 26.7. The van der Waals surface area contributed by atoms with E-state index in [9.17, 15) is 19.2 Å². The summed E-state index contributed by atoms with van der Waals surface area (Å²) in [7, 11) is 5.24. The van der Waals surface area contributed by atoms with E-state index >= 15 is 0 Å². The summed E-state index contributed by atoms with van der Waals surface area (Å²) >= 11 is 9.20. The van der Waals surface area contributed by atoms with Gasteiger partial charge in [0.1, 0.15) is 0 Å². The lowest BCUT2D eigenvalue weighted by molar-refractivity contribution is 0.186. The molecular formula is C120H138Cl2N8O10. The van der Waals surface area contributed by atoms with Crippen LogP contribution in [0.2, 0.25) is 0 Å². The van der Waals surface area contributed by atoms with E-state index in [1.165, 1.54) is 166 Å². The highest BCUT2D eigenvalue weighted by atomic mass is 35.5. The normalized spacial score (nSPS) is 23.5. The zero-order chi connectivity index (χ0) is 99.0. The van der Waals surface area contributed by atoms with Crippen molar-refractivity contribution >= 4 is 91.7 Å². The van der Waals surface area contributed by atoms with Crippen LogP contribution in [0.15, 0.2) is 291 Å². The fourth-order valence-corrected chi connectivity index (χ4v) is 22.9. The van der Waals surface area contributed by atoms with E-state index in [1.807, 2.05) is 0 Å². The molecule has 0 spiro atoms. The van der Waals surface area contributed by atoms with Crippen LogP contribution in [0.1, 0.15) is 221 Å². The van der Waals surface area contributed by atoms with Gasteiger partial charge in [-0.05, 0) is 215 Å². The lowest BCUT2D eigenvalue weighted by Crippen LogP contribution is -2.47. The molecule has 0 aromatic heterocycles. The third kappa shape index (κ3) is 21.4. The van der Waals surface area contributed by atoms with Crippen molar-refractivity contribution in [2.24, 2.45) is 0 Å². The minimum Gasteiger partial charge on any atom is -0.457 e. The molecule has 18 nitrogen and oxygen atoms in total. The Morgan fingerprint density at radius 3 is 0.543 bits per heavy atom. The number of halogens is 2. The van der Waals surface area contributed by atoms with Crippen LogP contribution in [-0.4, -0.2) is 130 Å². The second-order valence-corrected chi connectivity index (χ2v) is 40.7. The van der Waals surface area contributed by atoms with Gasteiger partial charge in [0.2, 0.25) is 0 Å². The predicted molar refractivity (Wildman–Crippen MR) is 572 cm³/mol. The largest absolute Gasteiger partial charge is 0.457 e. The van der Waals surface area contributed by atoms with Crippen LogP contribution in [0.25, 0.3) is 0 Å². The fraction of sp³-hybridized carbons (Fsp3) is 0.367. The third-order valence-electron chi connectivity index (χ3n) is 31.7. The molecule has 0 saturated carbocycles. The van der Waals surface area contributed by atoms with Crippen molar-refractivity contribution in [2.45, 2.75) is 176 Å². The van der Waals surface area contributed by atoms with Gasteiger partial charge in [0.05, 0.1) is 28.4 Å². The number of carbonyl (C=O) groups is 4. The highest BCUT2D eigenvalue weighted by molar-refractivity contribution is 6.61. The van der Waals surface area contributed by atoms with E-state index < -0.39 is 23.0 Å². The Morgan fingerprint density at radius 1 is 0.264 bits per heavy atom. The molecule has 10 heterocycles. The van der Waals surface area contributed by atoms with Gasteiger partial charge in [0.25, 0.3) is 0 Å². The molecule has 0 bridgehead atoms. The Bertz CT molecular complexity index is 5520. The molecule has 140 heavy (non-hydrogen) atoms. The van der Waals surface area contributed by atoms with Crippen molar-refractivity contribution in [1.82, 2.24) is 0 Å². The summed E-state index contributed by atoms with van der Waals surface area (Å²) < 4.78 is 27.5. The number of benzene rings is 12. The standard InChI is InChI=1S/2C28H30N2O2.2C26H28N2.2C4H8O.2C2H3ClO2/c2*1-27(20-10-6-4-7-11-20)14-16-30-17-15-28(2,21-12-8-5-9-13-21)24-19-22(29-26(31)32-3)18-23(27)25(24)30;2*1-25(19-9-5-3-6-10-19)13-15-28-16-14-26(2,20-11-7-4-8-12-20)23-18-21(27)17-22(25)24(23)28;2*1-2-4-5-3-1;2*1-5-2(3)4/h2*4-13,18-19H,14-17H2,1-3H3,(H,29,31);2*3-12,17-18H,13-16,27H2,1-2H3;2*1-4H2;2*1H3/t27-,28+;27-,28-;25-,26+;25-,26-;;;;/m.0.0..../s1. The van der Waals surface area contributed by atoms with E-state index in [0.29, 0.717) is 0 Å². The Hall–Kier alpha value is -12.6. The molecule has 10 aliphatic heterocycles. The quantitative estimate of drug-likeness (QED) is 0.0569. The molecule has 10 aliphatic rings. The number of nitrogens with two attached hydrogens (primary N) is 2. The first-order valence-corrected chi connectivity index (χ1v) is 50.3. The first-order valence-electron chi connectivity index (χ1n) is 49.5. The molecule has 732 valence electrons. The summed E-state index contributed by atoms with van der Waals surface area (Å²) in [4.78, 5) is 53.3. The SMILES string of the molecule is C1CCOC1.C1CCOC1.COC(=O)Cl.COC(=O)Cl.COC(=O)Nc1cc2c3c(c1)[C@@](C)(c1ccccc1)CCN3CC[C@@]2(C)c1ccccc1.COC(=O)Nc1cc2c3c(c1)[C@](C)(c1ccccc1)CCN3CC[C@@]2(C)c1ccccc1.C[C@@]1(c2ccccc2)CCN2CC[C@@](C)(c3ccccc3)c3cc(N)cc1c32.C[C@@]1(c2ccccc2)CCN2CC[C@](C)(c3ccccc3)c3cc(N)cc1c32. The van der Waals surface area contributed by atoms with Crippen molar-refractivity contribution in [3.05, 3.63) is 380 Å². The van der Waals surface area contributed by atoms with Crippen LogP contribution in [0.3, 0.4) is 0 Å². The molecule has 0 unspecified atom stereocenters. The van der Waals surface area contributed by atoms with E-state index in [0.717, 1.165) is 153 Å². The zero-order valence-electron chi connectivity index (χ0n) is 83.5. The van der Waals surface area contributed by atoms with Crippen LogP contribution >= 0.6 is 23.2 Å². The molecule has 2 amide bonds. The molecule has 0 aliphatic carbocycles. The van der Waals surface area contributed by atoms with Crippen LogP contribution in [0.5, 0.6) is 0 Å². The van der Waals surface area contributed by atoms with Crippen molar-refractivity contribution < 1.29 is 47.6 Å². The van der Waals surface area contributed by atoms with Crippen molar-refractivity contribution in [2.75, 3.05) is 149 Å². The minimum atomic E-state index is -0.773. The smallest absolute Gasteiger partial charge is 0.411 e. The van der Waals surface area contributed by atoms with Gasteiger partial charge in [-0.2, -0.15) is 0 Å². The van der Waals surface area contributed by atoms with Gasteiger partial charge in [-0.25, -0.2) is 19.2 Å². The second-order valence-electron chi connectivity index (χ2n) is 40.1. The van der Waals surface area contributed by atoms with Crippen LogP contribution in [0, 0.1) is 0 Å². The number of anilines is 8. The molecule has 20 heteroatoms. The van der Waals surface area contributed by atoms with E-state index in [2.05, 4.69) is 409 Å². The summed E-state index contributed by atoms with van der Waals surface area (Å²) in [6.45, 7) is 31.4. The van der Waals surface area contributed by atoms with Gasteiger partial charge in [0.15, 0.2) is 0 Å². The number of hydrogen-bond donors (Lipinski definition) is 4. The van der Waals surface area contributed by atoms with Gasteiger partial charge in [-0.15, -0.1) is 0 Å². The fourth-order valence-electron chi connectivity index (χ4n) is 22.9. The Labute approximate surface area is 838 Å². The number of nitrogen functional groups attached to an aromatic ring is 2. The molecule has 12 aromatic carbocycles. The maximum atomic E-state index is 12.1. The van der Waals surface area contributed by atoms with Crippen molar-refractivity contribution in [3.8, 4) is 0 Å². The molecule has 2 saturated heterocycles. The van der Waals surface area contributed by atoms with E-state index in [4.69, 9.17) is 30.4 Å². The van der Waals surface area contributed by atoms with Gasteiger partial charge in [-0.3, -0.25) is 10.6 Å². The average Bonchev–Trinajstić information content (AvgIpc) is 0.757. The molecular weight excluding hydrogens is 1780 g/mol. The maximum Gasteiger partial charge on any atom is 0.411 e. The number of nitrogens with zero attached hydrogens (tertiary/aromatic N) is 4. The Kier molecular flexibility index (Phi) is 32.4. The van der Waals surface area contributed by atoms with Gasteiger partial charge in [-0.1, -0.05) is 298 Å². The summed E-state index contributed by atoms with van der Waals surface area (Å²) in [5, 5.41) is 5.91. The Balaban J connectivity index is 0.000000132. The Morgan fingerprint density at radius 2 is 0.414 bits per heavy atom. The average molecular weight is 1920 g/mol. The number of methoxy groups -OCH3 is 4. The monoisotopic (exact) mass is 1920 g/mol. The van der Waals surface area contributed by atoms with Crippen LogP contribution in [0.4, 0.5) is 64.7 Å². The molecule has 12 aromatic rings. The molecule has 8 atom stereocenters. The lowest BCUT2D eigenvalue weighted by atomic mass is 9.64. The van der Waals surface area contributed by atoms with Crippen LogP contribution in [-0.2, 0) is 71.7 Å². The maximum absolute atomic E-state index is 12.1. The van der Waals surface area contributed by atoms with Crippen molar-refractivity contribution in [1.29, 1.82) is 0 Å². The highest BCUT2D eigenvalue weighted by Gasteiger charge is 2.51. The lowest BCUT2D eigenvalue weighted by Gasteiger charge is -2.50. The summed E-state index contributed by atoms with van der Waals surface area (Å²) in [6, 6.07) is 104.